The number of aromatic nitrogens is 1. The molecule has 2 aromatic rings. The Morgan fingerprint density at radius 1 is 1.31 bits per heavy atom. The van der Waals surface area contributed by atoms with Crippen LogP contribution in [0.15, 0.2) is 35.5 Å². The summed E-state index contributed by atoms with van der Waals surface area (Å²) in [7, 11) is 0. The Bertz CT molecular complexity index is 441. The Hall–Kier alpha value is -1.13. The average molecular weight is 195 g/mol. The lowest BCUT2D eigenvalue weighted by atomic mass is 10.2. The van der Waals surface area contributed by atoms with Crippen molar-refractivity contribution in [3.8, 4) is 0 Å². The van der Waals surface area contributed by atoms with Crippen LogP contribution >= 0.6 is 12.0 Å². The number of fused-ring (bicyclic) bond motifs is 1. The van der Waals surface area contributed by atoms with Gasteiger partial charge in [-0.3, -0.25) is 4.98 Å². The zero-order valence-corrected chi connectivity index (χ0v) is 7.38. The molecule has 1 aromatic carbocycles. The number of pyridine rings is 1. The van der Waals surface area contributed by atoms with Crippen molar-refractivity contribution in [3.05, 3.63) is 36.4 Å². The van der Waals surface area contributed by atoms with Gasteiger partial charge in [0.25, 0.3) is 0 Å². The van der Waals surface area contributed by atoms with Crippen molar-refractivity contribution < 1.29 is 8.94 Å². The summed E-state index contributed by atoms with van der Waals surface area (Å²) < 4.78 is 22.1. The average Bonchev–Trinajstić information content (AvgIpc) is 2.17. The largest absolute Gasteiger partial charge is 0.325 e. The molecule has 0 aliphatic rings. The standard InChI is InChI=1S/C9H6FNOS/c10-7-5-11-4-6-2-1-3-8(13-12)9(6)7/h1-5,12H. The van der Waals surface area contributed by atoms with E-state index >= 15 is 0 Å². The molecule has 0 bridgehead atoms. The van der Waals surface area contributed by atoms with Gasteiger partial charge in [0, 0.05) is 33.9 Å². The fraction of sp³-hybridized carbons (Fsp3) is 0. The molecule has 0 radical (unpaired) electrons. The van der Waals surface area contributed by atoms with E-state index in [-0.39, 0.29) is 0 Å². The van der Waals surface area contributed by atoms with Crippen LogP contribution in [0.5, 0.6) is 0 Å². The SMILES string of the molecule is OSc1cccc2cncc(F)c12. The van der Waals surface area contributed by atoms with Gasteiger partial charge in [0.05, 0.1) is 6.20 Å². The molecule has 4 heteroatoms. The first-order chi connectivity index (χ1) is 6.33. The molecular weight excluding hydrogens is 189 g/mol. The fourth-order valence-electron chi connectivity index (χ4n) is 1.23. The molecule has 66 valence electrons. The van der Waals surface area contributed by atoms with E-state index in [2.05, 4.69) is 4.98 Å². The van der Waals surface area contributed by atoms with E-state index < -0.39 is 5.82 Å². The van der Waals surface area contributed by atoms with Crippen molar-refractivity contribution in [1.82, 2.24) is 4.98 Å². The van der Waals surface area contributed by atoms with Gasteiger partial charge in [-0.1, -0.05) is 12.1 Å². The summed E-state index contributed by atoms with van der Waals surface area (Å²) in [6, 6.07) is 5.17. The van der Waals surface area contributed by atoms with E-state index in [1.807, 2.05) is 0 Å². The fourth-order valence-corrected chi connectivity index (χ4v) is 1.68. The van der Waals surface area contributed by atoms with Crippen LogP contribution in [0.2, 0.25) is 0 Å². The van der Waals surface area contributed by atoms with Gasteiger partial charge in [0.2, 0.25) is 0 Å². The Morgan fingerprint density at radius 2 is 2.15 bits per heavy atom. The molecule has 1 N–H and O–H groups in total. The van der Waals surface area contributed by atoms with Gasteiger partial charge in [-0.05, 0) is 6.07 Å². The lowest BCUT2D eigenvalue weighted by Crippen LogP contribution is -1.84. The first-order valence-electron chi connectivity index (χ1n) is 3.66. The first kappa shape index (κ1) is 8.47. The molecule has 0 fully saturated rings. The van der Waals surface area contributed by atoms with Crippen molar-refractivity contribution in [1.29, 1.82) is 0 Å². The van der Waals surface area contributed by atoms with Crippen molar-refractivity contribution in [2.75, 3.05) is 0 Å². The van der Waals surface area contributed by atoms with Crippen LogP contribution in [0.3, 0.4) is 0 Å². The Balaban J connectivity index is 2.87. The summed E-state index contributed by atoms with van der Waals surface area (Å²) in [6.45, 7) is 0. The summed E-state index contributed by atoms with van der Waals surface area (Å²) in [5, 5.41) is 1.11. The molecule has 0 atom stereocenters. The van der Waals surface area contributed by atoms with Gasteiger partial charge in [0.15, 0.2) is 5.82 Å². The van der Waals surface area contributed by atoms with E-state index in [0.29, 0.717) is 27.7 Å². The van der Waals surface area contributed by atoms with E-state index in [1.54, 1.807) is 24.4 Å². The summed E-state index contributed by atoms with van der Waals surface area (Å²) in [6.07, 6.45) is 2.71. The van der Waals surface area contributed by atoms with Gasteiger partial charge in [-0.25, -0.2) is 4.39 Å². The van der Waals surface area contributed by atoms with Gasteiger partial charge >= 0.3 is 0 Å². The van der Waals surface area contributed by atoms with E-state index in [1.165, 1.54) is 0 Å². The minimum atomic E-state index is -0.408. The maximum absolute atomic E-state index is 13.2. The molecule has 0 aliphatic carbocycles. The molecular formula is C9H6FNOS. The predicted octanol–water partition coefficient (Wildman–Crippen LogP) is 2.94. The molecule has 0 saturated heterocycles. The van der Waals surface area contributed by atoms with Crippen molar-refractivity contribution >= 4 is 22.8 Å². The zero-order valence-electron chi connectivity index (χ0n) is 6.57. The highest BCUT2D eigenvalue weighted by molar-refractivity contribution is 7.94. The highest BCUT2D eigenvalue weighted by atomic mass is 32.2. The summed E-state index contributed by atoms with van der Waals surface area (Å²) >= 11 is 0.545. The Morgan fingerprint density at radius 3 is 2.92 bits per heavy atom. The number of rotatable bonds is 1. The number of hydrogen-bond acceptors (Lipinski definition) is 3. The number of benzene rings is 1. The van der Waals surface area contributed by atoms with Crippen LogP contribution in [0.1, 0.15) is 0 Å². The number of hydrogen-bond donors (Lipinski definition) is 1. The minimum absolute atomic E-state index is 0.408. The molecule has 0 aliphatic heterocycles. The third-order valence-electron chi connectivity index (χ3n) is 1.80. The van der Waals surface area contributed by atoms with Crippen molar-refractivity contribution in [2.24, 2.45) is 0 Å². The molecule has 0 saturated carbocycles. The highest BCUT2D eigenvalue weighted by Crippen LogP contribution is 2.27. The molecule has 2 rings (SSSR count). The third kappa shape index (κ3) is 1.38. The Labute approximate surface area is 78.6 Å². The monoisotopic (exact) mass is 195 g/mol. The summed E-state index contributed by atoms with van der Waals surface area (Å²) in [5.41, 5.74) is 0. The second kappa shape index (κ2) is 3.32. The highest BCUT2D eigenvalue weighted by Gasteiger charge is 2.05. The maximum Gasteiger partial charge on any atom is 0.150 e. The predicted molar refractivity (Wildman–Crippen MR) is 50.2 cm³/mol. The lowest BCUT2D eigenvalue weighted by molar-refractivity contribution is 0.630. The normalized spacial score (nSPS) is 10.6. The quantitative estimate of drug-likeness (QED) is 0.710. The van der Waals surface area contributed by atoms with Crippen LogP contribution in [0.4, 0.5) is 4.39 Å². The van der Waals surface area contributed by atoms with Crippen LogP contribution in [-0.4, -0.2) is 9.54 Å². The van der Waals surface area contributed by atoms with E-state index in [0.717, 1.165) is 6.20 Å². The lowest BCUT2D eigenvalue weighted by Gasteiger charge is -2.02. The van der Waals surface area contributed by atoms with Gasteiger partial charge in [0.1, 0.15) is 0 Å². The van der Waals surface area contributed by atoms with Crippen LogP contribution in [0.25, 0.3) is 10.8 Å². The van der Waals surface area contributed by atoms with Gasteiger partial charge in [-0.15, -0.1) is 0 Å². The molecule has 1 aromatic heterocycles. The molecule has 2 nitrogen and oxygen atoms in total. The van der Waals surface area contributed by atoms with Gasteiger partial charge < -0.3 is 4.55 Å². The molecule has 0 spiro atoms. The minimum Gasteiger partial charge on any atom is -0.325 e. The Kier molecular flexibility index (Phi) is 2.16. The van der Waals surface area contributed by atoms with Crippen LogP contribution in [0, 0.1) is 5.82 Å². The molecule has 13 heavy (non-hydrogen) atoms. The molecule has 0 unspecified atom stereocenters. The maximum atomic E-state index is 13.2. The third-order valence-corrected chi connectivity index (χ3v) is 2.33. The second-order valence-corrected chi connectivity index (χ2v) is 3.19. The van der Waals surface area contributed by atoms with Crippen LogP contribution in [-0.2, 0) is 0 Å². The topological polar surface area (TPSA) is 33.1 Å². The van der Waals surface area contributed by atoms with Crippen LogP contribution < -0.4 is 0 Å². The van der Waals surface area contributed by atoms with E-state index in [4.69, 9.17) is 4.55 Å². The van der Waals surface area contributed by atoms with Crippen molar-refractivity contribution in [3.63, 3.8) is 0 Å². The zero-order chi connectivity index (χ0) is 9.26. The smallest absolute Gasteiger partial charge is 0.150 e. The molecule has 0 amide bonds. The molecule has 1 heterocycles. The van der Waals surface area contributed by atoms with Crippen molar-refractivity contribution in [2.45, 2.75) is 4.90 Å². The summed E-state index contributed by atoms with van der Waals surface area (Å²) in [4.78, 5) is 4.23. The van der Waals surface area contributed by atoms with E-state index in [9.17, 15) is 4.39 Å². The number of halogens is 1. The number of nitrogens with zero attached hydrogens (tertiary/aromatic N) is 1. The van der Waals surface area contributed by atoms with Gasteiger partial charge in [-0.2, -0.15) is 0 Å². The first-order valence-corrected chi connectivity index (χ1v) is 4.44. The second-order valence-electron chi connectivity index (χ2n) is 2.57. The summed E-state index contributed by atoms with van der Waals surface area (Å²) in [5.74, 6) is -0.408.